The molecule has 0 amide bonds. The highest BCUT2D eigenvalue weighted by Crippen LogP contribution is 2.59. The molecule has 3 N–H and O–H groups in total. The third-order valence-corrected chi connectivity index (χ3v) is 14.9. The number of benzene rings is 9. The van der Waals surface area contributed by atoms with Crippen LogP contribution in [0.15, 0.2) is 230 Å². The summed E-state index contributed by atoms with van der Waals surface area (Å²) in [5, 5.41) is 11.8. The maximum absolute atomic E-state index is 3.95. The molecule has 0 fully saturated rings. The quantitative estimate of drug-likeness (QED) is 0.154. The maximum Gasteiger partial charge on any atom is 0.0607 e. The van der Waals surface area contributed by atoms with Crippen molar-refractivity contribution in [2.24, 2.45) is 0 Å². The van der Waals surface area contributed by atoms with Crippen LogP contribution in [0.4, 0.5) is 51.2 Å². The van der Waals surface area contributed by atoms with E-state index in [-0.39, 0.29) is 0 Å². The van der Waals surface area contributed by atoms with E-state index in [1.165, 1.54) is 29.4 Å². The first kappa shape index (κ1) is 36.1. The molecular formula is C54H36N4S3. The zero-order valence-electron chi connectivity index (χ0n) is 32.7. The van der Waals surface area contributed by atoms with Gasteiger partial charge in [-0.2, -0.15) is 0 Å². The Morgan fingerprint density at radius 1 is 0.279 bits per heavy atom. The number of hydrogen-bond donors (Lipinski definition) is 3. The van der Waals surface area contributed by atoms with Gasteiger partial charge in [-0.3, -0.25) is 0 Å². The number of anilines is 9. The first-order chi connectivity index (χ1) is 30.2. The highest BCUT2D eigenvalue weighted by molar-refractivity contribution is 8.00. The van der Waals surface area contributed by atoms with Crippen LogP contribution in [0.2, 0.25) is 0 Å². The Morgan fingerprint density at radius 3 is 1.13 bits per heavy atom. The lowest BCUT2D eigenvalue weighted by Crippen LogP contribution is -2.13. The van der Waals surface area contributed by atoms with Crippen LogP contribution in [0.3, 0.4) is 0 Å². The van der Waals surface area contributed by atoms with E-state index in [0.29, 0.717) is 0 Å². The van der Waals surface area contributed by atoms with Gasteiger partial charge in [0.25, 0.3) is 0 Å². The van der Waals surface area contributed by atoms with Gasteiger partial charge in [-0.15, -0.1) is 0 Å². The molecule has 3 heterocycles. The molecule has 0 bridgehead atoms. The van der Waals surface area contributed by atoms with Crippen LogP contribution in [0.5, 0.6) is 0 Å². The summed E-state index contributed by atoms with van der Waals surface area (Å²) in [6, 6.07) is 72.3. The van der Waals surface area contributed by atoms with Crippen LogP contribution in [-0.4, -0.2) is 0 Å². The zero-order chi connectivity index (χ0) is 40.3. The van der Waals surface area contributed by atoms with Gasteiger partial charge in [-0.25, -0.2) is 0 Å². The summed E-state index contributed by atoms with van der Waals surface area (Å²) in [4.78, 5) is 9.66. The number of para-hydroxylation sites is 8. The molecule has 290 valence electrons. The summed E-state index contributed by atoms with van der Waals surface area (Å²) in [5.41, 5.74) is 16.7. The molecule has 4 nitrogen and oxygen atoms in total. The van der Waals surface area contributed by atoms with Crippen molar-refractivity contribution in [3.05, 3.63) is 200 Å². The first-order valence-electron chi connectivity index (χ1n) is 20.3. The molecule has 0 saturated carbocycles. The van der Waals surface area contributed by atoms with E-state index in [9.17, 15) is 0 Å². The Balaban J connectivity index is 1.21. The van der Waals surface area contributed by atoms with Gasteiger partial charge < -0.3 is 20.9 Å². The lowest BCUT2D eigenvalue weighted by molar-refractivity contribution is 1.27. The molecule has 12 rings (SSSR count). The van der Waals surface area contributed by atoms with Crippen LogP contribution in [0.1, 0.15) is 0 Å². The Bertz CT molecular complexity index is 3130. The SMILES string of the molecule is c1ccc(N(c2ccccc2)c2ccc(-c3cccc4c3Nc3ccccc3S4)c(-c3cccc4c3Nc3ccccc3S4)c2-c2cccc3c2Nc2ccccc2S3)cc1. The lowest BCUT2D eigenvalue weighted by atomic mass is 9.84. The fourth-order valence-corrected chi connectivity index (χ4v) is 11.8. The van der Waals surface area contributed by atoms with Crippen LogP contribution in [-0.2, 0) is 0 Å². The minimum absolute atomic E-state index is 1.08. The van der Waals surface area contributed by atoms with Gasteiger partial charge >= 0.3 is 0 Å². The summed E-state index contributed by atoms with van der Waals surface area (Å²) < 4.78 is 0. The Labute approximate surface area is 368 Å². The summed E-state index contributed by atoms with van der Waals surface area (Å²) >= 11 is 5.47. The minimum Gasteiger partial charge on any atom is -0.353 e. The van der Waals surface area contributed by atoms with E-state index >= 15 is 0 Å². The number of nitrogens with one attached hydrogen (secondary N) is 3. The molecule has 9 aromatic rings. The molecule has 0 saturated heterocycles. The largest absolute Gasteiger partial charge is 0.353 e. The van der Waals surface area contributed by atoms with Crippen LogP contribution >= 0.6 is 35.3 Å². The molecule has 0 aliphatic carbocycles. The molecular weight excluding hydrogens is 801 g/mol. The van der Waals surface area contributed by atoms with Crippen molar-refractivity contribution >= 4 is 86.5 Å². The number of nitrogens with zero attached hydrogens (tertiary/aromatic N) is 1. The molecule has 3 aliphatic heterocycles. The summed E-state index contributed by atoms with van der Waals surface area (Å²) in [7, 11) is 0. The van der Waals surface area contributed by atoms with Gasteiger partial charge in [0.05, 0.1) is 39.8 Å². The van der Waals surface area contributed by atoms with Crippen LogP contribution < -0.4 is 20.9 Å². The Morgan fingerprint density at radius 2 is 0.656 bits per heavy atom. The average Bonchev–Trinajstić information content (AvgIpc) is 3.32. The third kappa shape index (κ3) is 6.27. The van der Waals surface area contributed by atoms with Crippen LogP contribution in [0.25, 0.3) is 33.4 Å². The molecule has 0 unspecified atom stereocenters. The number of fused-ring (bicyclic) bond motifs is 6. The highest BCUT2D eigenvalue weighted by Gasteiger charge is 2.31. The Hall–Kier alpha value is -6.77. The van der Waals surface area contributed by atoms with E-state index in [4.69, 9.17) is 0 Å². The van der Waals surface area contributed by atoms with Crippen molar-refractivity contribution in [2.75, 3.05) is 20.9 Å². The zero-order valence-corrected chi connectivity index (χ0v) is 35.2. The van der Waals surface area contributed by atoms with E-state index in [1.54, 1.807) is 0 Å². The summed E-state index contributed by atoms with van der Waals surface area (Å²) in [5.74, 6) is 0. The summed E-state index contributed by atoms with van der Waals surface area (Å²) in [6.07, 6.45) is 0. The smallest absolute Gasteiger partial charge is 0.0607 e. The predicted octanol–water partition coefficient (Wildman–Crippen LogP) is 16.8. The van der Waals surface area contributed by atoms with E-state index < -0.39 is 0 Å². The van der Waals surface area contributed by atoms with Gasteiger partial charge in [0.2, 0.25) is 0 Å². The molecule has 0 aromatic heterocycles. The second kappa shape index (κ2) is 15.0. The number of hydrogen-bond acceptors (Lipinski definition) is 7. The topological polar surface area (TPSA) is 39.3 Å². The lowest BCUT2D eigenvalue weighted by Gasteiger charge is -2.33. The van der Waals surface area contributed by atoms with Gasteiger partial charge in [0, 0.05) is 68.6 Å². The molecule has 7 heteroatoms. The van der Waals surface area contributed by atoms with Crippen molar-refractivity contribution in [1.82, 2.24) is 0 Å². The van der Waals surface area contributed by atoms with Crippen molar-refractivity contribution in [1.29, 1.82) is 0 Å². The van der Waals surface area contributed by atoms with Gasteiger partial charge in [-0.1, -0.05) is 151 Å². The molecule has 9 aromatic carbocycles. The molecule has 0 spiro atoms. The average molecular weight is 837 g/mol. The van der Waals surface area contributed by atoms with E-state index in [0.717, 1.165) is 84.6 Å². The fraction of sp³-hybridized carbons (Fsp3) is 0. The van der Waals surface area contributed by atoms with Crippen LogP contribution in [0, 0.1) is 0 Å². The summed E-state index contributed by atoms with van der Waals surface area (Å²) in [6.45, 7) is 0. The molecule has 61 heavy (non-hydrogen) atoms. The first-order valence-corrected chi connectivity index (χ1v) is 22.8. The third-order valence-electron chi connectivity index (χ3n) is 11.5. The Kier molecular flexibility index (Phi) is 8.91. The normalized spacial score (nSPS) is 12.8. The molecule has 0 radical (unpaired) electrons. The molecule has 3 aliphatic rings. The fourth-order valence-electron chi connectivity index (χ4n) is 8.75. The van der Waals surface area contributed by atoms with Gasteiger partial charge in [-0.05, 0) is 90.5 Å². The van der Waals surface area contributed by atoms with Crippen molar-refractivity contribution in [3.8, 4) is 33.4 Å². The highest BCUT2D eigenvalue weighted by atomic mass is 32.2. The predicted molar refractivity (Wildman–Crippen MR) is 259 cm³/mol. The number of rotatable bonds is 6. The second-order valence-electron chi connectivity index (χ2n) is 15.1. The van der Waals surface area contributed by atoms with Crippen molar-refractivity contribution < 1.29 is 0 Å². The van der Waals surface area contributed by atoms with Crippen molar-refractivity contribution in [2.45, 2.75) is 29.4 Å². The minimum atomic E-state index is 1.08. The van der Waals surface area contributed by atoms with Gasteiger partial charge in [0.15, 0.2) is 0 Å². The van der Waals surface area contributed by atoms with E-state index in [2.05, 4.69) is 221 Å². The van der Waals surface area contributed by atoms with Crippen molar-refractivity contribution in [3.63, 3.8) is 0 Å². The monoisotopic (exact) mass is 836 g/mol. The molecule has 0 atom stereocenters. The standard InChI is InChI=1S/C54H36N4S3/c1-3-16-34(17-4-1)58(35-18-5-2-6-19-35)43-33-32-36(37-20-13-29-47-52(37)55-40-23-7-10-26-44(40)59-47)50(38-21-14-30-48-53(38)56-41-24-8-11-27-45(41)60-48)51(43)39-22-15-31-49-54(39)57-42-25-9-12-28-46(42)61-49/h1-33,55-57H. The maximum atomic E-state index is 3.95. The second-order valence-corrected chi connectivity index (χ2v) is 18.3. The van der Waals surface area contributed by atoms with Gasteiger partial charge in [0.1, 0.15) is 0 Å². The van der Waals surface area contributed by atoms with E-state index in [1.807, 2.05) is 35.3 Å².